The van der Waals surface area contributed by atoms with Crippen LogP contribution in [-0.4, -0.2) is 17.0 Å². The van der Waals surface area contributed by atoms with Crippen LogP contribution in [0.2, 0.25) is 0 Å². The summed E-state index contributed by atoms with van der Waals surface area (Å²) in [6.45, 7) is 1.96. The Morgan fingerprint density at radius 1 is 1.44 bits per heavy atom. The maximum absolute atomic E-state index is 6.21. The molecule has 0 aromatic carbocycles. The van der Waals surface area contributed by atoms with E-state index in [1.165, 1.54) is 0 Å². The number of aromatic nitrogens is 1. The minimum absolute atomic E-state index is 0.0803. The molecule has 16 heavy (non-hydrogen) atoms. The van der Waals surface area contributed by atoms with Crippen LogP contribution in [0.15, 0.2) is 41.3 Å². The highest BCUT2D eigenvalue weighted by Crippen LogP contribution is 2.30. The third kappa shape index (κ3) is 1.65. The molecule has 0 saturated carbocycles. The topological polar surface area (TPSA) is 89.3 Å². The first-order chi connectivity index (χ1) is 7.64. The first-order valence-electron chi connectivity index (χ1n) is 5.10. The number of nitrogens with zero attached hydrogens (tertiary/aromatic N) is 2. The SMILES string of the molecule is CC(c1ccccn1)C1(N)N=CNC=C1N. The average Bonchev–Trinajstić information content (AvgIpc) is 2.33. The van der Waals surface area contributed by atoms with E-state index in [0.29, 0.717) is 5.70 Å². The number of aliphatic imine (C=N–C) groups is 1. The minimum atomic E-state index is -0.917. The molecule has 1 aliphatic heterocycles. The second kappa shape index (κ2) is 3.94. The summed E-state index contributed by atoms with van der Waals surface area (Å²) in [4.78, 5) is 8.50. The molecule has 0 spiro atoms. The molecule has 0 bridgehead atoms. The van der Waals surface area contributed by atoms with Gasteiger partial charge in [0, 0.05) is 24.0 Å². The summed E-state index contributed by atoms with van der Waals surface area (Å²) in [7, 11) is 0. The van der Waals surface area contributed by atoms with Gasteiger partial charge >= 0.3 is 0 Å². The van der Waals surface area contributed by atoms with Gasteiger partial charge in [-0.15, -0.1) is 0 Å². The van der Waals surface area contributed by atoms with Gasteiger partial charge in [0.15, 0.2) is 5.66 Å². The van der Waals surface area contributed by atoms with Crippen molar-refractivity contribution in [3.8, 4) is 0 Å². The Morgan fingerprint density at radius 3 is 2.88 bits per heavy atom. The average molecular weight is 217 g/mol. The summed E-state index contributed by atoms with van der Waals surface area (Å²) in [6.07, 6.45) is 4.95. The summed E-state index contributed by atoms with van der Waals surface area (Å²) in [5, 5.41) is 2.82. The van der Waals surface area contributed by atoms with Crippen molar-refractivity contribution >= 4 is 6.34 Å². The molecule has 2 atom stereocenters. The van der Waals surface area contributed by atoms with E-state index in [0.717, 1.165) is 5.69 Å². The van der Waals surface area contributed by atoms with Gasteiger partial charge in [-0.1, -0.05) is 13.0 Å². The van der Waals surface area contributed by atoms with Crippen LogP contribution < -0.4 is 16.8 Å². The quantitative estimate of drug-likeness (QED) is 0.663. The van der Waals surface area contributed by atoms with E-state index in [1.54, 1.807) is 18.7 Å². The lowest BCUT2D eigenvalue weighted by atomic mass is 9.89. The third-order valence-electron chi connectivity index (χ3n) is 2.85. The fraction of sp³-hybridized carbons (Fsp3) is 0.273. The van der Waals surface area contributed by atoms with Crippen LogP contribution in [0.5, 0.6) is 0 Å². The Kier molecular flexibility index (Phi) is 2.62. The molecule has 1 aliphatic rings. The molecule has 1 aromatic rings. The number of pyridine rings is 1. The lowest BCUT2D eigenvalue weighted by Crippen LogP contribution is -2.50. The van der Waals surface area contributed by atoms with Crippen LogP contribution in [0, 0.1) is 0 Å². The number of nitrogens with one attached hydrogen (secondary N) is 1. The van der Waals surface area contributed by atoms with E-state index in [4.69, 9.17) is 11.5 Å². The highest BCUT2D eigenvalue weighted by Gasteiger charge is 2.36. The van der Waals surface area contributed by atoms with Crippen molar-refractivity contribution in [2.24, 2.45) is 16.5 Å². The molecule has 84 valence electrons. The fourth-order valence-corrected chi connectivity index (χ4v) is 1.68. The predicted octanol–water partition coefficient (Wildman–Crippen LogP) is 0.272. The van der Waals surface area contributed by atoms with E-state index in [9.17, 15) is 0 Å². The molecule has 2 unspecified atom stereocenters. The maximum Gasteiger partial charge on any atom is 0.159 e. The molecule has 0 fully saturated rings. The van der Waals surface area contributed by atoms with Crippen molar-refractivity contribution in [1.29, 1.82) is 0 Å². The van der Waals surface area contributed by atoms with E-state index in [-0.39, 0.29) is 5.92 Å². The Bertz CT molecular complexity index is 425. The molecule has 0 amide bonds. The zero-order valence-electron chi connectivity index (χ0n) is 9.09. The summed E-state index contributed by atoms with van der Waals surface area (Å²) in [5.41, 5.74) is 12.6. The number of nitrogens with two attached hydrogens (primary N) is 2. The second-order valence-corrected chi connectivity index (χ2v) is 3.83. The van der Waals surface area contributed by atoms with E-state index in [2.05, 4.69) is 15.3 Å². The van der Waals surface area contributed by atoms with Crippen molar-refractivity contribution in [2.45, 2.75) is 18.5 Å². The van der Waals surface area contributed by atoms with Gasteiger partial charge < -0.3 is 16.8 Å². The van der Waals surface area contributed by atoms with Gasteiger partial charge in [-0.3, -0.25) is 4.98 Å². The largest absolute Gasteiger partial charge is 0.398 e. The maximum atomic E-state index is 6.21. The van der Waals surface area contributed by atoms with E-state index < -0.39 is 5.66 Å². The fourth-order valence-electron chi connectivity index (χ4n) is 1.68. The Morgan fingerprint density at radius 2 is 2.25 bits per heavy atom. The normalized spacial score (nSPS) is 25.8. The molecular weight excluding hydrogens is 202 g/mol. The Balaban J connectivity index is 2.34. The second-order valence-electron chi connectivity index (χ2n) is 3.83. The van der Waals surface area contributed by atoms with Gasteiger partial charge in [-0.05, 0) is 12.1 Å². The lowest BCUT2D eigenvalue weighted by Gasteiger charge is -2.33. The van der Waals surface area contributed by atoms with Gasteiger partial charge in [0.05, 0.1) is 12.0 Å². The third-order valence-corrected chi connectivity index (χ3v) is 2.85. The molecule has 5 nitrogen and oxygen atoms in total. The first kappa shape index (κ1) is 10.6. The first-order valence-corrected chi connectivity index (χ1v) is 5.10. The van der Waals surface area contributed by atoms with E-state index >= 15 is 0 Å². The predicted molar refractivity (Wildman–Crippen MR) is 63.5 cm³/mol. The summed E-state index contributed by atoms with van der Waals surface area (Å²) in [5.74, 6) is -0.0803. The van der Waals surface area contributed by atoms with Crippen molar-refractivity contribution in [1.82, 2.24) is 10.3 Å². The molecular formula is C11H15N5. The van der Waals surface area contributed by atoms with Crippen LogP contribution in [0.1, 0.15) is 18.5 Å². The van der Waals surface area contributed by atoms with Crippen LogP contribution in [-0.2, 0) is 0 Å². The highest BCUT2D eigenvalue weighted by atomic mass is 15.1. The number of rotatable bonds is 2. The van der Waals surface area contributed by atoms with Crippen LogP contribution in [0.3, 0.4) is 0 Å². The molecule has 2 heterocycles. The van der Waals surface area contributed by atoms with Crippen molar-refractivity contribution in [3.05, 3.63) is 42.0 Å². The van der Waals surface area contributed by atoms with Gasteiger partial charge in [0.25, 0.3) is 0 Å². The molecule has 0 saturated heterocycles. The number of hydrogen-bond donors (Lipinski definition) is 3. The molecule has 2 rings (SSSR count). The number of hydrogen-bond acceptors (Lipinski definition) is 5. The monoisotopic (exact) mass is 217 g/mol. The van der Waals surface area contributed by atoms with Crippen molar-refractivity contribution < 1.29 is 0 Å². The van der Waals surface area contributed by atoms with Gasteiger partial charge in [-0.2, -0.15) is 0 Å². The summed E-state index contributed by atoms with van der Waals surface area (Å²) < 4.78 is 0. The van der Waals surface area contributed by atoms with E-state index in [1.807, 2.05) is 25.1 Å². The van der Waals surface area contributed by atoms with Crippen LogP contribution in [0.4, 0.5) is 0 Å². The van der Waals surface area contributed by atoms with Crippen molar-refractivity contribution in [3.63, 3.8) is 0 Å². The minimum Gasteiger partial charge on any atom is -0.398 e. The molecule has 0 aliphatic carbocycles. The Labute approximate surface area is 94.3 Å². The molecule has 5 N–H and O–H groups in total. The molecule has 5 heteroatoms. The van der Waals surface area contributed by atoms with Gasteiger partial charge in [-0.25, -0.2) is 4.99 Å². The van der Waals surface area contributed by atoms with Gasteiger partial charge in [0.2, 0.25) is 0 Å². The zero-order chi connectivity index (χ0) is 11.6. The smallest absolute Gasteiger partial charge is 0.159 e. The Hall–Kier alpha value is -1.88. The summed E-state index contributed by atoms with van der Waals surface area (Å²) >= 11 is 0. The standard InChI is InChI=1S/C11H15N5/c1-8(9-4-2-3-5-15-9)11(13)10(12)6-14-7-16-11/h2-8H,12-13H2,1H3,(H,14,16). The molecule has 0 radical (unpaired) electrons. The molecule has 1 aromatic heterocycles. The lowest BCUT2D eigenvalue weighted by molar-refractivity contribution is 0.423. The highest BCUT2D eigenvalue weighted by molar-refractivity contribution is 5.60. The van der Waals surface area contributed by atoms with Crippen molar-refractivity contribution in [2.75, 3.05) is 0 Å². The summed E-state index contributed by atoms with van der Waals surface area (Å²) in [6, 6.07) is 5.71. The van der Waals surface area contributed by atoms with Gasteiger partial charge in [0.1, 0.15) is 0 Å². The van der Waals surface area contributed by atoms with Crippen LogP contribution >= 0.6 is 0 Å². The van der Waals surface area contributed by atoms with Crippen LogP contribution in [0.25, 0.3) is 0 Å². The zero-order valence-corrected chi connectivity index (χ0v) is 9.09.